The molecule has 0 aliphatic rings. The number of benzene rings is 1. The summed E-state index contributed by atoms with van der Waals surface area (Å²) in [6.45, 7) is 3.60. The van der Waals surface area contributed by atoms with Crippen molar-refractivity contribution in [2.45, 2.75) is 13.5 Å². The molecule has 4 heteroatoms. The van der Waals surface area contributed by atoms with Gasteiger partial charge >= 0.3 is 0 Å². The van der Waals surface area contributed by atoms with Gasteiger partial charge in [0.15, 0.2) is 0 Å². The van der Waals surface area contributed by atoms with Crippen LogP contribution in [0.3, 0.4) is 0 Å². The average Bonchev–Trinajstić information content (AvgIpc) is 2.86. The normalized spacial score (nSPS) is 10.3. The van der Waals surface area contributed by atoms with Crippen LogP contribution in [0.5, 0.6) is 0 Å². The Bertz CT molecular complexity index is 584. The number of rotatable bonds is 4. The Balaban J connectivity index is 2.41. The van der Waals surface area contributed by atoms with Crippen LogP contribution in [0.1, 0.15) is 17.4 Å². The molecule has 1 N–H and O–H groups in total. The molecule has 2 nitrogen and oxygen atoms in total. The molecule has 0 aliphatic carbocycles. The molecule has 0 amide bonds. The van der Waals surface area contributed by atoms with E-state index in [9.17, 15) is 4.39 Å². The Morgan fingerprint density at radius 3 is 2.83 bits per heavy atom. The summed E-state index contributed by atoms with van der Waals surface area (Å²) in [6, 6.07) is 10.5. The molecular formula is C14H13FN2S. The molecule has 0 radical (unpaired) electrons. The van der Waals surface area contributed by atoms with E-state index in [-0.39, 0.29) is 5.82 Å². The van der Waals surface area contributed by atoms with Crippen molar-refractivity contribution in [2.75, 3.05) is 6.54 Å². The average molecular weight is 260 g/mol. The molecule has 0 bridgehead atoms. The molecule has 0 saturated carbocycles. The van der Waals surface area contributed by atoms with Gasteiger partial charge in [0, 0.05) is 11.4 Å². The molecule has 2 rings (SSSR count). The summed E-state index contributed by atoms with van der Waals surface area (Å²) in [5.74, 6) is -0.253. The van der Waals surface area contributed by atoms with Crippen molar-refractivity contribution >= 4 is 11.3 Å². The van der Waals surface area contributed by atoms with Crippen LogP contribution in [0, 0.1) is 17.1 Å². The predicted octanol–water partition coefficient (Wildman–Crippen LogP) is 3.54. The van der Waals surface area contributed by atoms with Crippen LogP contribution in [-0.2, 0) is 6.54 Å². The fourth-order valence-corrected chi connectivity index (χ4v) is 2.59. The van der Waals surface area contributed by atoms with Gasteiger partial charge in [-0.1, -0.05) is 13.0 Å². The van der Waals surface area contributed by atoms with Crippen molar-refractivity contribution in [3.8, 4) is 16.5 Å². The zero-order valence-corrected chi connectivity index (χ0v) is 10.9. The molecule has 2 aromatic rings. The number of nitrogens with zero attached hydrogens (tertiary/aromatic N) is 1. The van der Waals surface area contributed by atoms with Gasteiger partial charge in [-0.3, -0.25) is 0 Å². The van der Waals surface area contributed by atoms with Crippen molar-refractivity contribution in [3.05, 3.63) is 46.6 Å². The number of nitrogens with one attached hydrogen (secondary N) is 1. The number of nitriles is 1. The Labute approximate surface area is 110 Å². The first-order valence-corrected chi connectivity index (χ1v) is 6.55. The second kappa shape index (κ2) is 5.76. The molecule has 0 fully saturated rings. The summed E-state index contributed by atoms with van der Waals surface area (Å²) < 4.78 is 13.4. The highest BCUT2D eigenvalue weighted by atomic mass is 32.1. The lowest BCUT2D eigenvalue weighted by Crippen LogP contribution is -2.12. The summed E-state index contributed by atoms with van der Waals surface area (Å²) in [5, 5.41) is 12.1. The van der Waals surface area contributed by atoms with Crippen LogP contribution in [-0.4, -0.2) is 6.54 Å². The third kappa shape index (κ3) is 2.76. The lowest BCUT2D eigenvalue weighted by molar-refractivity contribution is 0.626. The smallest absolute Gasteiger partial charge is 0.123 e. The fourth-order valence-electron chi connectivity index (χ4n) is 1.73. The van der Waals surface area contributed by atoms with Crippen molar-refractivity contribution in [3.63, 3.8) is 0 Å². The van der Waals surface area contributed by atoms with Crippen LogP contribution in [0.2, 0.25) is 0 Å². The van der Waals surface area contributed by atoms with Gasteiger partial charge in [0.25, 0.3) is 0 Å². The number of hydrogen-bond acceptors (Lipinski definition) is 3. The van der Waals surface area contributed by atoms with Gasteiger partial charge in [-0.25, -0.2) is 4.39 Å². The summed E-state index contributed by atoms with van der Waals surface area (Å²) in [4.78, 5) is 1.57. The first-order valence-electron chi connectivity index (χ1n) is 5.74. The second-order valence-electron chi connectivity index (χ2n) is 3.86. The van der Waals surface area contributed by atoms with Gasteiger partial charge in [-0.2, -0.15) is 5.26 Å². The summed E-state index contributed by atoms with van der Waals surface area (Å²) >= 11 is 1.39. The molecule has 0 aliphatic heterocycles. The first kappa shape index (κ1) is 12.7. The topological polar surface area (TPSA) is 35.8 Å². The van der Waals surface area contributed by atoms with Crippen molar-refractivity contribution in [1.82, 2.24) is 5.32 Å². The van der Waals surface area contributed by atoms with Crippen molar-refractivity contribution in [2.24, 2.45) is 0 Å². The van der Waals surface area contributed by atoms with Crippen molar-refractivity contribution in [1.29, 1.82) is 5.26 Å². The largest absolute Gasteiger partial charge is 0.313 e. The second-order valence-corrected chi connectivity index (χ2v) is 4.94. The van der Waals surface area contributed by atoms with Crippen LogP contribution >= 0.6 is 11.3 Å². The fraction of sp³-hybridized carbons (Fsp3) is 0.214. The minimum absolute atomic E-state index is 0.253. The van der Waals surface area contributed by atoms with E-state index in [4.69, 9.17) is 5.26 Å². The number of hydrogen-bond donors (Lipinski definition) is 1. The summed E-state index contributed by atoms with van der Waals surface area (Å²) in [6.07, 6.45) is 0. The summed E-state index contributed by atoms with van der Waals surface area (Å²) in [7, 11) is 0. The van der Waals surface area contributed by atoms with Crippen LogP contribution in [0.4, 0.5) is 4.39 Å². The van der Waals surface area contributed by atoms with Gasteiger partial charge in [0.2, 0.25) is 0 Å². The molecule has 0 unspecified atom stereocenters. The molecular weight excluding hydrogens is 247 g/mol. The Morgan fingerprint density at radius 2 is 2.17 bits per heavy atom. The van der Waals surface area contributed by atoms with E-state index in [1.165, 1.54) is 23.5 Å². The zero-order valence-electron chi connectivity index (χ0n) is 10.0. The molecule has 1 aromatic carbocycles. The quantitative estimate of drug-likeness (QED) is 0.912. The maximum Gasteiger partial charge on any atom is 0.123 e. The molecule has 0 spiro atoms. The summed E-state index contributed by atoms with van der Waals surface area (Å²) in [5.41, 5.74) is 1.91. The highest BCUT2D eigenvalue weighted by Crippen LogP contribution is 2.31. The van der Waals surface area contributed by atoms with E-state index < -0.39 is 0 Å². The van der Waals surface area contributed by atoms with Gasteiger partial charge in [-0.05, 0) is 41.9 Å². The number of halogens is 1. The molecule has 0 saturated heterocycles. The van der Waals surface area contributed by atoms with E-state index in [0.717, 1.165) is 22.5 Å². The Morgan fingerprint density at radius 1 is 1.33 bits per heavy atom. The maximum absolute atomic E-state index is 13.4. The van der Waals surface area contributed by atoms with Crippen LogP contribution in [0.25, 0.3) is 10.4 Å². The highest BCUT2D eigenvalue weighted by Gasteiger charge is 2.09. The minimum Gasteiger partial charge on any atom is -0.313 e. The maximum atomic E-state index is 13.4. The lowest BCUT2D eigenvalue weighted by atomic mass is 10.1. The van der Waals surface area contributed by atoms with Gasteiger partial charge in [0.05, 0.1) is 0 Å². The first-order chi connectivity index (χ1) is 8.74. The van der Waals surface area contributed by atoms with Gasteiger partial charge < -0.3 is 5.32 Å². The van der Waals surface area contributed by atoms with E-state index in [1.807, 2.05) is 13.0 Å². The third-order valence-corrected chi connectivity index (χ3v) is 3.64. The predicted molar refractivity (Wildman–Crippen MR) is 71.8 cm³/mol. The molecule has 18 heavy (non-hydrogen) atoms. The molecule has 92 valence electrons. The van der Waals surface area contributed by atoms with Gasteiger partial charge in [-0.15, -0.1) is 11.3 Å². The monoisotopic (exact) mass is 260 g/mol. The van der Waals surface area contributed by atoms with E-state index in [0.29, 0.717) is 11.4 Å². The molecule has 1 aromatic heterocycles. The van der Waals surface area contributed by atoms with Crippen LogP contribution in [0.15, 0.2) is 30.3 Å². The number of thiophene rings is 1. The third-order valence-electron chi connectivity index (χ3n) is 2.62. The lowest BCUT2D eigenvalue weighted by Gasteiger charge is -2.08. The van der Waals surface area contributed by atoms with E-state index in [1.54, 1.807) is 12.1 Å². The standard InChI is InChI=1S/C14H13FN2S/c1-2-17-9-10-3-4-11(15)7-13(10)14-6-5-12(8-16)18-14/h3-7,17H,2,9H2,1H3. The van der Waals surface area contributed by atoms with Crippen molar-refractivity contribution < 1.29 is 4.39 Å². The van der Waals surface area contributed by atoms with Gasteiger partial charge in [0.1, 0.15) is 16.8 Å². The minimum atomic E-state index is -0.253. The molecule has 0 atom stereocenters. The SMILES string of the molecule is CCNCc1ccc(F)cc1-c1ccc(C#N)s1. The molecule has 1 heterocycles. The Kier molecular flexibility index (Phi) is 4.08. The van der Waals surface area contributed by atoms with E-state index >= 15 is 0 Å². The van der Waals surface area contributed by atoms with Crippen LogP contribution < -0.4 is 5.32 Å². The van der Waals surface area contributed by atoms with E-state index in [2.05, 4.69) is 11.4 Å². The Hall–Kier alpha value is -1.70. The highest BCUT2D eigenvalue weighted by molar-refractivity contribution is 7.16. The zero-order chi connectivity index (χ0) is 13.0.